The van der Waals surface area contributed by atoms with Gasteiger partial charge in [-0.2, -0.15) is 18.3 Å². The van der Waals surface area contributed by atoms with Crippen LogP contribution >= 0.6 is 0 Å². The third-order valence-electron chi connectivity index (χ3n) is 5.18. The Bertz CT molecular complexity index is 841. The summed E-state index contributed by atoms with van der Waals surface area (Å²) in [5.41, 5.74) is -2.27. The van der Waals surface area contributed by atoms with E-state index in [1.54, 1.807) is 0 Å². The molecule has 158 valence electrons. The number of alkyl halides is 3. The Hall–Kier alpha value is -2.42. The summed E-state index contributed by atoms with van der Waals surface area (Å²) < 4.78 is 55.2. The monoisotopic (exact) mass is 412 g/mol. The minimum absolute atomic E-state index is 0.257. The average molecular weight is 412 g/mol. The highest BCUT2D eigenvalue weighted by atomic mass is 19.4. The Morgan fingerprint density at radius 1 is 1.24 bits per heavy atom. The van der Waals surface area contributed by atoms with Crippen molar-refractivity contribution in [2.75, 3.05) is 26.2 Å². The molecule has 0 aliphatic carbocycles. The molecule has 0 bridgehead atoms. The summed E-state index contributed by atoms with van der Waals surface area (Å²) in [4.78, 5) is 14.7. The van der Waals surface area contributed by atoms with Crippen LogP contribution < -0.4 is 5.32 Å². The molecule has 0 spiro atoms. The van der Waals surface area contributed by atoms with Crippen LogP contribution in [-0.2, 0) is 6.18 Å². The van der Waals surface area contributed by atoms with E-state index >= 15 is 0 Å². The first kappa shape index (κ1) is 21.3. The van der Waals surface area contributed by atoms with Crippen molar-refractivity contribution in [3.8, 4) is 5.69 Å². The van der Waals surface area contributed by atoms with Gasteiger partial charge in [0.05, 0.1) is 11.8 Å². The summed E-state index contributed by atoms with van der Waals surface area (Å²) in [6, 6.07) is 4.99. The Morgan fingerprint density at radius 3 is 2.59 bits per heavy atom. The largest absolute Gasteiger partial charge is 0.434 e. The molecule has 1 saturated heterocycles. The molecule has 29 heavy (non-hydrogen) atoms. The summed E-state index contributed by atoms with van der Waals surface area (Å²) in [5, 5.41) is 6.16. The molecule has 1 aromatic heterocycles. The van der Waals surface area contributed by atoms with E-state index < -0.39 is 29.2 Å². The smallest absolute Gasteiger partial charge is 0.352 e. The number of carbonyl (C=O) groups excluding carboxylic acids is 1. The number of hydrogen-bond acceptors (Lipinski definition) is 3. The second kappa shape index (κ2) is 8.94. The lowest BCUT2D eigenvalue weighted by Crippen LogP contribution is -2.35. The summed E-state index contributed by atoms with van der Waals surface area (Å²) in [7, 11) is 0. The van der Waals surface area contributed by atoms with Gasteiger partial charge in [0, 0.05) is 6.54 Å². The molecule has 1 fully saturated rings. The predicted octanol–water partition coefficient (Wildman–Crippen LogP) is 3.88. The molecule has 9 heteroatoms. The van der Waals surface area contributed by atoms with Crippen molar-refractivity contribution in [2.45, 2.75) is 32.4 Å². The molecule has 1 aliphatic heterocycles. The SMILES string of the molecule is CC1CCN(CCCNC(=O)c2cnn(-c3ccccc3F)c2C(F)(F)F)CC1. The van der Waals surface area contributed by atoms with Crippen LogP contribution in [0.5, 0.6) is 0 Å². The van der Waals surface area contributed by atoms with Gasteiger partial charge in [-0.25, -0.2) is 9.07 Å². The quantitative estimate of drug-likeness (QED) is 0.579. The third kappa shape index (κ3) is 5.14. The number of amides is 1. The first-order chi connectivity index (χ1) is 13.8. The Balaban J connectivity index is 1.67. The molecule has 1 aromatic carbocycles. The first-order valence-electron chi connectivity index (χ1n) is 9.68. The molecule has 0 atom stereocenters. The highest BCUT2D eigenvalue weighted by Crippen LogP contribution is 2.34. The summed E-state index contributed by atoms with van der Waals surface area (Å²) in [6.45, 7) is 5.27. The lowest BCUT2D eigenvalue weighted by molar-refractivity contribution is -0.143. The van der Waals surface area contributed by atoms with Gasteiger partial charge in [0.25, 0.3) is 5.91 Å². The van der Waals surface area contributed by atoms with Crippen LogP contribution in [-0.4, -0.2) is 46.8 Å². The van der Waals surface area contributed by atoms with E-state index in [0.717, 1.165) is 50.7 Å². The van der Waals surface area contributed by atoms with E-state index in [9.17, 15) is 22.4 Å². The topological polar surface area (TPSA) is 50.2 Å². The Labute approximate surface area is 166 Å². The third-order valence-corrected chi connectivity index (χ3v) is 5.18. The van der Waals surface area contributed by atoms with Gasteiger partial charge >= 0.3 is 6.18 Å². The fourth-order valence-corrected chi connectivity index (χ4v) is 3.48. The van der Waals surface area contributed by atoms with Crippen LogP contribution in [0, 0.1) is 11.7 Å². The number of carbonyl (C=O) groups is 1. The number of piperidine rings is 1. The number of para-hydroxylation sites is 1. The number of aromatic nitrogens is 2. The van der Waals surface area contributed by atoms with Gasteiger partial charge in [-0.3, -0.25) is 4.79 Å². The van der Waals surface area contributed by atoms with Crippen LogP contribution in [0.15, 0.2) is 30.5 Å². The first-order valence-corrected chi connectivity index (χ1v) is 9.68. The average Bonchev–Trinajstić information content (AvgIpc) is 3.12. The number of halogens is 4. The van der Waals surface area contributed by atoms with Crippen LogP contribution in [0.2, 0.25) is 0 Å². The van der Waals surface area contributed by atoms with Crippen molar-refractivity contribution in [3.63, 3.8) is 0 Å². The molecule has 0 unspecified atom stereocenters. The van der Waals surface area contributed by atoms with Crippen molar-refractivity contribution < 1.29 is 22.4 Å². The molecular formula is C20H24F4N4O. The van der Waals surface area contributed by atoms with Gasteiger partial charge in [-0.1, -0.05) is 19.1 Å². The molecule has 2 heterocycles. The molecule has 2 aromatic rings. The number of benzene rings is 1. The van der Waals surface area contributed by atoms with E-state index in [1.165, 1.54) is 18.2 Å². The van der Waals surface area contributed by atoms with Crippen LogP contribution in [0.1, 0.15) is 42.2 Å². The molecule has 1 aliphatic rings. The van der Waals surface area contributed by atoms with E-state index in [4.69, 9.17) is 0 Å². The number of rotatable bonds is 6. The maximum absolute atomic E-state index is 14.0. The molecule has 1 amide bonds. The molecule has 3 rings (SSSR count). The number of likely N-dealkylation sites (tertiary alicyclic amines) is 1. The zero-order valence-electron chi connectivity index (χ0n) is 16.2. The fraction of sp³-hybridized carbons (Fsp3) is 0.500. The fourth-order valence-electron chi connectivity index (χ4n) is 3.48. The van der Waals surface area contributed by atoms with Crippen molar-refractivity contribution in [1.29, 1.82) is 0 Å². The molecule has 1 N–H and O–H groups in total. The van der Waals surface area contributed by atoms with E-state index in [2.05, 4.69) is 22.2 Å². The van der Waals surface area contributed by atoms with E-state index in [0.29, 0.717) is 11.1 Å². The second-order valence-corrected chi connectivity index (χ2v) is 7.40. The Morgan fingerprint density at radius 2 is 1.93 bits per heavy atom. The second-order valence-electron chi connectivity index (χ2n) is 7.40. The van der Waals surface area contributed by atoms with Crippen LogP contribution in [0.25, 0.3) is 5.69 Å². The lowest BCUT2D eigenvalue weighted by atomic mass is 9.99. The summed E-state index contributed by atoms with van der Waals surface area (Å²) >= 11 is 0. The van der Waals surface area contributed by atoms with Gasteiger partial charge in [0.15, 0.2) is 5.69 Å². The lowest BCUT2D eigenvalue weighted by Gasteiger charge is -2.30. The van der Waals surface area contributed by atoms with Gasteiger partial charge in [-0.05, 0) is 56.9 Å². The van der Waals surface area contributed by atoms with Crippen molar-refractivity contribution in [3.05, 3.63) is 47.5 Å². The van der Waals surface area contributed by atoms with Gasteiger partial charge in [0.2, 0.25) is 0 Å². The normalized spacial score (nSPS) is 16.2. The molecular weight excluding hydrogens is 388 g/mol. The molecule has 0 saturated carbocycles. The maximum Gasteiger partial charge on any atom is 0.434 e. The summed E-state index contributed by atoms with van der Waals surface area (Å²) in [6.07, 6.45) is -1.12. The Kier molecular flexibility index (Phi) is 6.56. The standard InChI is InChI=1S/C20H24F4N4O/c1-14-7-11-27(12-8-14)10-4-9-25-19(29)15-13-26-28(18(15)20(22,23)24)17-6-3-2-5-16(17)21/h2-3,5-6,13-14H,4,7-12H2,1H3,(H,25,29). The van der Waals surface area contributed by atoms with Crippen LogP contribution in [0.4, 0.5) is 17.6 Å². The minimum atomic E-state index is -4.87. The summed E-state index contributed by atoms with van der Waals surface area (Å²) in [5.74, 6) is -1.01. The highest BCUT2D eigenvalue weighted by Gasteiger charge is 2.40. The minimum Gasteiger partial charge on any atom is -0.352 e. The number of nitrogens with one attached hydrogen (secondary N) is 1. The zero-order chi connectivity index (χ0) is 21.0. The molecule has 5 nitrogen and oxygen atoms in total. The number of hydrogen-bond donors (Lipinski definition) is 1. The number of nitrogens with zero attached hydrogens (tertiary/aromatic N) is 3. The van der Waals surface area contributed by atoms with Gasteiger partial charge in [0.1, 0.15) is 11.5 Å². The van der Waals surface area contributed by atoms with Crippen molar-refractivity contribution >= 4 is 5.91 Å². The zero-order valence-corrected chi connectivity index (χ0v) is 16.2. The van der Waals surface area contributed by atoms with Gasteiger partial charge in [-0.15, -0.1) is 0 Å². The maximum atomic E-state index is 14.0. The highest BCUT2D eigenvalue weighted by molar-refractivity contribution is 5.95. The van der Waals surface area contributed by atoms with Gasteiger partial charge < -0.3 is 10.2 Å². The predicted molar refractivity (Wildman–Crippen MR) is 100 cm³/mol. The van der Waals surface area contributed by atoms with Crippen molar-refractivity contribution in [1.82, 2.24) is 20.0 Å². The molecule has 0 radical (unpaired) electrons. The van der Waals surface area contributed by atoms with Crippen molar-refractivity contribution in [2.24, 2.45) is 5.92 Å². The van der Waals surface area contributed by atoms with Crippen LogP contribution in [0.3, 0.4) is 0 Å². The van der Waals surface area contributed by atoms with E-state index in [-0.39, 0.29) is 12.2 Å². The van der Waals surface area contributed by atoms with E-state index in [1.807, 2.05) is 0 Å².